The molecule has 5 heteroatoms. The lowest BCUT2D eigenvalue weighted by Crippen LogP contribution is -2.02. The van der Waals surface area contributed by atoms with Crippen molar-refractivity contribution in [1.29, 1.82) is 0 Å². The average Bonchev–Trinajstić information content (AvgIpc) is 2.38. The average molecular weight is 244 g/mol. The second-order valence-electron chi connectivity index (χ2n) is 3.79. The minimum atomic E-state index is -0.395. The van der Waals surface area contributed by atoms with Gasteiger partial charge in [0.15, 0.2) is 0 Å². The lowest BCUT2D eigenvalue weighted by atomic mass is 10.2. The highest BCUT2D eigenvalue weighted by Gasteiger charge is 2.11. The summed E-state index contributed by atoms with van der Waals surface area (Å²) in [6, 6.07) is 13.1. The van der Waals surface area contributed by atoms with Crippen molar-refractivity contribution < 1.29 is 10.0 Å². The van der Waals surface area contributed by atoms with Crippen LogP contribution in [-0.2, 0) is 6.54 Å². The molecule has 18 heavy (non-hydrogen) atoms. The highest BCUT2D eigenvalue weighted by Crippen LogP contribution is 2.20. The van der Waals surface area contributed by atoms with Gasteiger partial charge in [0.05, 0.1) is 4.92 Å². The third-order valence-electron chi connectivity index (χ3n) is 2.54. The number of hydrogen-bond acceptors (Lipinski definition) is 4. The van der Waals surface area contributed by atoms with Gasteiger partial charge in [-0.15, -0.1) is 0 Å². The van der Waals surface area contributed by atoms with Crippen molar-refractivity contribution in [3.63, 3.8) is 0 Å². The number of aromatic hydroxyl groups is 1. The molecule has 0 radical (unpaired) electrons. The number of nitrogens with zero attached hydrogens (tertiary/aromatic N) is 1. The molecule has 0 saturated carbocycles. The fourth-order valence-corrected chi connectivity index (χ4v) is 1.61. The fraction of sp³-hybridized carbons (Fsp3) is 0.0769. The SMILES string of the molecule is O=[N+]([O-])c1ccccc1CNc1ccc(O)cc1. The lowest BCUT2D eigenvalue weighted by molar-refractivity contribution is -0.385. The summed E-state index contributed by atoms with van der Waals surface area (Å²) in [4.78, 5) is 10.4. The molecule has 0 atom stereocenters. The maximum absolute atomic E-state index is 10.8. The second kappa shape index (κ2) is 5.18. The third kappa shape index (κ3) is 2.76. The summed E-state index contributed by atoms with van der Waals surface area (Å²) in [6.07, 6.45) is 0. The quantitative estimate of drug-likeness (QED) is 0.492. The lowest BCUT2D eigenvalue weighted by Gasteiger charge is -2.07. The Kier molecular flexibility index (Phi) is 3.43. The molecule has 0 unspecified atom stereocenters. The molecular weight excluding hydrogens is 232 g/mol. The van der Waals surface area contributed by atoms with Crippen LogP contribution < -0.4 is 5.32 Å². The minimum absolute atomic E-state index is 0.101. The molecule has 92 valence electrons. The standard InChI is InChI=1S/C13H12N2O3/c16-12-7-5-11(6-8-12)14-9-10-3-1-2-4-13(10)15(17)18/h1-8,14,16H,9H2. The molecule has 0 heterocycles. The fourth-order valence-electron chi connectivity index (χ4n) is 1.61. The van der Waals surface area contributed by atoms with Gasteiger partial charge in [0.1, 0.15) is 5.75 Å². The van der Waals surface area contributed by atoms with E-state index < -0.39 is 4.92 Å². The molecule has 0 spiro atoms. The molecule has 0 aliphatic rings. The molecule has 5 nitrogen and oxygen atoms in total. The summed E-state index contributed by atoms with van der Waals surface area (Å²) in [5.41, 5.74) is 1.52. The second-order valence-corrected chi connectivity index (χ2v) is 3.79. The Labute approximate surface area is 104 Å². The summed E-state index contributed by atoms with van der Waals surface area (Å²) < 4.78 is 0. The van der Waals surface area contributed by atoms with Crippen LogP contribution >= 0.6 is 0 Å². The van der Waals surface area contributed by atoms with Crippen LogP contribution in [0.5, 0.6) is 5.75 Å². The van der Waals surface area contributed by atoms with Gasteiger partial charge in [-0.3, -0.25) is 10.1 Å². The Morgan fingerprint density at radius 3 is 2.44 bits per heavy atom. The van der Waals surface area contributed by atoms with Gasteiger partial charge >= 0.3 is 0 Å². The number of nitrogens with one attached hydrogen (secondary N) is 1. The zero-order valence-electron chi connectivity index (χ0n) is 9.54. The van der Waals surface area contributed by atoms with E-state index in [1.54, 1.807) is 42.5 Å². The Bertz CT molecular complexity index is 552. The van der Waals surface area contributed by atoms with Crippen molar-refractivity contribution in [2.45, 2.75) is 6.54 Å². The summed E-state index contributed by atoms with van der Waals surface area (Å²) in [7, 11) is 0. The maximum Gasteiger partial charge on any atom is 0.274 e. The number of anilines is 1. The van der Waals surface area contributed by atoms with Crippen LogP contribution in [0.1, 0.15) is 5.56 Å². The first-order valence-corrected chi connectivity index (χ1v) is 5.42. The largest absolute Gasteiger partial charge is 0.508 e. The number of nitro benzene ring substituents is 1. The highest BCUT2D eigenvalue weighted by molar-refractivity contribution is 5.48. The number of para-hydroxylation sites is 1. The van der Waals surface area contributed by atoms with E-state index in [-0.39, 0.29) is 11.4 Å². The van der Waals surface area contributed by atoms with Crippen molar-refractivity contribution in [2.75, 3.05) is 5.32 Å². The zero-order chi connectivity index (χ0) is 13.0. The van der Waals surface area contributed by atoms with E-state index in [9.17, 15) is 10.1 Å². The van der Waals surface area contributed by atoms with Gasteiger partial charge in [0.2, 0.25) is 0 Å². The third-order valence-corrected chi connectivity index (χ3v) is 2.54. The Morgan fingerprint density at radius 1 is 1.11 bits per heavy atom. The summed E-state index contributed by atoms with van der Waals surface area (Å²) >= 11 is 0. The van der Waals surface area contributed by atoms with Gasteiger partial charge in [-0.2, -0.15) is 0 Å². The van der Waals surface area contributed by atoms with E-state index in [0.717, 1.165) is 5.69 Å². The summed E-state index contributed by atoms with van der Waals surface area (Å²) in [5, 5.41) is 23.0. The molecule has 2 rings (SSSR count). The number of phenolic OH excluding ortho intramolecular Hbond substituents is 1. The number of nitro groups is 1. The van der Waals surface area contributed by atoms with Crippen LogP contribution in [0.4, 0.5) is 11.4 Å². The van der Waals surface area contributed by atoms with Crippen LogP contribution in [0.3, 0.4) is 0 Å². The van der Waals surface area contributed by atoms with E-state index >= 15 is 0 Å². The highest BCUT2D eigenvalue weighted by atomic mass is 16.6. The van der Waals surface area contributed by atoms with Crippen molar-refractivity contribution in [3.05, 3.63) is 64.2 Å². The first-order chi connectivity index (χ1) is 8.66. The molecule has 0 aliphatic heterocycles. The van der Waals surface area contributed by atoms with Gasteiger partial charge in [0, 0.05) is 23.9 Å². The molecule has 0 aliphatic carbocycles. The Balaban J connectivity index is 2.10. The van der Waals surface area contributed by atoms with E-state index in [0.29, 0.717) is 12.1 Å². The number of benzene rings is 2. The normalized spacial score (nSPS) is 10.0. The monoisotopic (exact) mass is 244 g/mol. The van der Waals surface area contributed by atoms with Crippen LogP contribution in [0, 0.1) is 10.1 Å². The molecule has 2 aromatic carbocycles. The molecule has 0 fully saturated rings. The van der Waals surface area contributed by atoms with Gasteiger partial charge < -0.3 is 10.4 Å². The van der Waals surface area contributed by atoms with Crippen molar-refractivity contribution >= 4 is 11.4 Å². The van der Waals surface area contributed by atoms with Crippen LogP contribution in [-0.4, -0.2) is 10.0 Å². The molecule has 0 bridgehead atoms. The van der Waals surface area contributed by atoms with Gasteiger partial charge in [-0.25, -0.2) is 0 Å². The number of rotatable bonds is 4. The predicted octanol–water partition coefficient (Wildman–Crippen LogP) is 2.91. The zero-order valence-corrected chi connectivity index (χ0v) is 9.54. The topological polar surface area (TPSA) is 75.4 Å². The molecule has 2 aromatic rings. The van der Waals surface area contributed by atoms with Crippen LogP contribution in [0.2, 0.25) is 0 Å². The predicted molar refractivity (Wildman–Crippen MR) is 68.5 cm³/mol. The van der Waals surface area contributed by atoms with Gasteiger partial charge in [-0.1, -0.05) is 18.2 Å². The van der Waals surface area contributed by atoms with Crippen LogP contribution in [0.25, 0.3) is 0 Å². The Morgan fingerprint density at radius 2 is 1.78 bits per heavy atom. The number of hydrogen-bond donors (Lipinski definition) is 2. The maximum atomic E-state index is 10.8. The molecule has 0 amide bonds. The van der Waals surface area contributed by atoms with E-state index in [1.165, 1.54) is 6.07 Å². The molecule has 0 saturated heterocycles. The van der Waals surface area contributed by atoms with Crippen molar-refractivity contribution in [1.82, 2.24) is 0 Å². The Hall–Kier alpha value is -2.56. The number of phenols is 1. The smallest absolute Gasteiger partial charge is 0.274 e. The molecule has 2 N–H and O–H groups in total. The van der Waals surface area contributed by atoms with E-state index in [2.05, 4.69) is 5.32 Å². The first kappa shape index (κ1) is 11.9. The molecular formula is C13H12N2O3. The van der Waals surface area contributed by atoms with Crippen LogP contribution in [0.15, 0.2) is 48.5 Å². The van der Waals surface area contributed by atoms with Crippen molar-refractivity contribution in [2.24, 2.45) is 0 Å². The summed E-state index contributed by atoms with van der Waals surface area (Å²) in [5.74, 6) is 0.186. The van der Waals surface area contributed by atoms with Gasteiger partial charge in [0.25, 0.3) is 5.69 Å². The summed E-state index contributed by atoms with van der Waals surface area (Å²) in [6.45, 7) is 0.363. The van der Waals surface area contributed by atoms with Gasteiger partial charge in [-0.05, 0) is 24.3 Å². The van der Waals surface area contributed by atoms with E-state index in [1.807, 2.05) is 0 Å². The molecule has 0 aromatic heterocycles. The first-order valence-electron chi connectivity index (χ1n) is 5.42. The van der Waals surface area contributed by atoms with E-state index in [4.69, 9.17) is 5.11 Å². The van der Waals surface area contributed by atoms with Crippen molar-refractivity contribution in [3.8, 4) is 5.75 Å². The minimum Gasteiger partial charge on any atom is -0.508 e.